The van der Waals surface area contributed by atoms with Crippen LogP contribution in [0.5, 0.6) is 0 Å². The molecule has 0 nitrogen and oxygen atoms in total. The monoisotopic (exact) mass is 218 g/mol. The van der Waals surface area contributed by atoms with E-state index in [4.69, 9.17) is 0 Å². The van der Waals surface area contributed by atoms with Gasteiger partial charge in [-0.1, -0.05) is 64.8 Å². The fourth-order valence-corrected chi connectivity index (χ4v) is 2.15. The fraction of sp³-hybridized carbons (Fsp3) is 0.625. The molecule has 1 rings (SSSR count). The summed E-state index contributed by atoms with van der Waals surface area (Å²) >= 11 is 0. The second-order valence-electron chi connectivity index (χ2n) is 5.35. The Balaban J connectivity index is 2.83. The molecule has 0 bridgehead atoms. The van der Waals surface area contributed by atoms with Crippen LogP contribution >= 0.6 is 0 Å². The molecule has 0 aliphatic carbocycles. The van der Waals surface area contributed by atoms with E-state index in [2.05, 4.69) is 52.0 Å². The summed E-state index contributed by atoms with van der Waals surface area (Å²) in [6.07, 6.45) is 6.43. The minimum Gasteiger partial charge on any atom is -0.0654 e. The average molecular weight is 218 g/mol. The lowest BCUT2D eigenvalue weighted by atomic mass is 9.79. The highest BCUT2D eigenvalue weighted by molar-refractivity contribution is 5.33. The standard InChI is InChI=1S/C16H26/c1-5-7-8-11-14-12-9-10-13-15(14)16(3,4)6-2/h9-10,12-13H,5-8,11H2,1-4H3. The molecule has 0 heteroatoms. The lowest BCUT2D eigenvalue weighted by Crippen LogP contribution is -2.17. The molecule has 0 heterocycles. The van der Waals surface area contributed by atoms with Crippen molar-refractivity contribution in [3.05, 3.63) is 35.4 Å². The summed E-state index contributed by atoms with van der Waals surface area (Å²) in [5.74, 6) is 0. The normalized spacial score (nSPS) is 11.8. The first kappa shape index (κ1) is 13.3. The number of hydrogen-bond donors (Lipinski definition) is 0. The second kappa shape index (κ2) is 6.08. The average Bonchev–Trinajstić information content (AvgIpc) is 2.30. The lowest BCUT2D eigenvalue weighted by molar-refractivity contribution is 0.499. The first-order valence-corrected chi connectivity index (χ1v) is 6.70. The summed E-state index contributed by atoms with van der Waals surface area (Å²) < 4.78 is 0. The van der Waals surface area contributed by atoms with E-state index in [1.165, 1.54) is 32.1 Å². The van der Waals surface area contributed by atoms with Crippen molar-refractivity contribution in [1.29, 1.82) is 0 Å². The van der Waals surface area contributed by atoms with Crippen molar-refractivity contribution >= 4 is 0 Å². The Hall–Kier alpha value is -0.780. The van der Waals surface area contributed by atoms with Gasteiger partial charge in [-0.3, -0.25) is 0 Å². The SMILES string of the molecule is CCCCCc1ccccc1C(C)(C)CC. The van der Waals surface area contributed by atoms with E-state index >= 15 is 0 Å². The molecule has 0 aromatic heterocycles. The fourth-order valence-electron chi connectivity index (χ4n) is 2.15. The van der Waals surface area contributed by atoms with Gasteiger partial charge in [-0.15, -0.1) is 0 Å². The van der Waals surface area contributed by atoms with Crippen molar-refractivity contribution in [3.63, 3.8) is 0 Å². The van der Waals surface area contributed by atoms with Gasteiger partial charge in [0.1, 0.15) is 0 Å². The molecule has 1 aromatic carbocycles. The van der Waals surface area contributed by atoms with E-state index in [9.17, 15) is 0 Å². The van der Waals surface area contributed by atoms with E-state index in [0.717, 1.165) is 0 Å². The topological polar surface area (TPSA) is 0 Å². The number of benzene rings is 1. The first-order valence-electron chi connectivity index (χ1n) is 6.70. The summed E-state index contributed by atoms with van der Waals surface area (Å²) in [6.45, 7) is 9.25. The van der Waals surface area contributed by atoms with E-state index in [1.807, 2.05) is 0 Å². The van der Waals surface area contributed by atoms with Crippen LogP contribution in [0.1, 0.15) is 64.5 Å². The summed E-state index contributed by atoms with van der Waals surface area (Å²) in [5, 5.41) is 0. The van der Waals surface area contributed by atoms with Crippen LogP contribution in [0, 0.1) is 0 Å². The van der Waals surface area contributed by atoms with E-state index in [-0.39, 0.29) is 0 Å². The zero-order valence-electron chi connectivity index (χ0n) is 11.3. The molecule has 0 fully saturated rings. The summed E-state index contributed by atoms with van der Waals surface area (Å²) in [5.41, 5.74) is 3.43. The van der Waals surface area contributed by atoms with Gasteiger partial charge in [-0.05, 0) is 35.8 Å². The Morgan fingerprint density at radius 1 is 1.00 bits per heavy atom. The van der Waals surface area contributed by atoms with E-state index < -0.39 is 0 Å². The van der Waals surface area contributed by atoms with Crippen LogP contribution in [0.4, 0.5) is 0 Å². The zero-order valence-corrected chi connectivity index (χ0v) is 11.3. The molecule has 0 saturated carbocycles. The van der Waals surface area contributed by atoms with Gasteiger partial charge in [-0.25, -0.2) is 0 Å². The van der Waals surface area contributed by atoms with Crippen molar-refractivity contribution in [2.75, 3.05) is 0 Å². The van der Waals surface area contributed by atoms with Crippen molar-refractivity contribution in [1.82, 2.24) is 0 Å². The van der Waals surface area contributed by atoms with Crippen molar-refractivity contribution in [2.24, 2.45) is 0 Å². The third-order valence-electron chi connectivity index (χ3n) is 3.68. The van der Waals surface area contributed by atoms with E-state index in [1.54, 1.807) is 11.1 Å². The maximum absolute atomic E-state index is 2.35. The second-order valence-corrected chi connectivity index (χ2v) is 5.35. The minimum atomic E-state index is 0.322. The quantitative estimate of drug-likeness (QED) is 0.582. The van der Waals surface area contributed by atoms with Crippen molar-refractivity contribution < 1.29 is 0 Å². The van der Waals surface area contributed by atoms with Gasteiger partial charge in [0.05, 0.1) is 0 Å². The maximum Gasteiger partial charge on any atom is -0.0103 e. The number of rotatable bonds is 6. The smallest absolute Gasteiger partial charge is 0.0103 e. The van der Waals surface area contributed by atoms with Crippen LogP contribution in [-0.4, -0.2) is 0 Å². The molecule has 0 atom stereocenters. The van der Waals surface area contributed by atoms with Gasteiger partial charge >= 0.3 is 0 Å². The number of aryl methyl sites for hydroxylation is 1. The van der Waals surface area contributed by atoms with Gasteiger partial charge in [0.25, 0.3) is 0 Å². The van der Waals surface area contributed by atoms with Crippen LogP contribution in [0.2, 0.25) is 0 Å². The molecule has 0 radical (unpaired) electrons. The Morgan fingerprint density at radius 3 is 2.31 bits per heavy atom. The Morgan fingerprint density at radius 2 is 1.69 bits per heavy atom. The van der Waals surface area contributed by atoms with Crippen LogP contribution in [0.25, 0.3) is 0 Å². The van der Waals surface area contributed by atoms with Crippen molar-refractivity contribution in [3.8, 4) is 0 Å². The third kappa shape index (κ3) is 3.37. The maximum atomic E-state index is 2.35. The number of hydrogen-bond acceptors (Lipinski definition) is 0. The summed E-state index contributed by atoms with van der Waals surface area (Å²) in [6, 6.07) is 8.97. The Kier molecular flexibility index (Phi) is 5.05. The van der Waals surface area contributed by atoms with Crippen LogP contribution < -0.4 is 0 Å². The molecule has 0 aliphatic rings. The number of unbranched alkanes of at least 4 members (excludes halogenated alkanes) is 2. The minimum absolute atomic E-state index is 0.322. The highest BCUT2D eigenvalue weighted by Crippen LogP contribution is 2.30. The predicted octanol–water partition coefficient (Wildman–Crippen LogP) is 5.11. The molecule has 0 unspecified atom stereocenters. The van der Waals surface area contributed by atoms with Gasteiger partial charge in [0, 0.05) is 0 Å². The molecule has 90 valence electrons. The predicted molar refractivity (Wildman–Crippen MR) is 73.0 cm³/mol. The Bertz CT molecular complexity index is 310. The first-order chi connectivity index (χ1) is 7.61. The molecule has 0 aliphatic heterocycles. The van der Waals surface area contributed by atoms with Gasteiger partial charge < -0.3 is 0 Å². The molecule has 0 spiro atoms. The third-order valence-corrected chi connectivity index (χ3v) is 3.68. The van der Waals surface area contributed by atoms with Gasteiger partial charge in [-0.2, -0.15) is 0 Å². The molecule has 0 amide bonds. The highest BCUT2D eigenvalue weighted by Gasteiger charge is 2.20. The molecule has 16 heavy (non-hydrogen) atoms. The summed E-state index contributed by atoms with van der Waals surface area (Å²) in [7, 11) is 0. The molecular formula is C16H26. The van der Waals surface area contributed by atoms with E-state index in [0.29, 0.717) is 5.41 Å². The van der Waals surface area contributed by atoms with Crippen LogP contribution in [0.15, 0.2) is 24.3 Å². The van der Waals surface area contributed by atoms with Crippen LogP contribution in [0.3, 0.4) is 0 Å². The molecular weight excluding hydrogens is 192 g/mol. The summed E-state index contributed by atoms with van der Waals surface area (Å²) in [4.78, 5) is 0. The van der Waals surface area contributed by atoms with Crippen LogP contribution in [-0.2, 0) is 11.8 Å². The Labute approximate surface area is 101 Å². The largest absolute Gasteiger partial charge is 0.0654 e. The zero-order chi connectivity index (χ0) is 12.0. The van der Waals surface area contributed by atoms with Crippen molar-refractivity contribution in [2.45, 2.75) is 65.2 Å². The lowest BCUT2D eigenvalue weighted by Gasteiger charge is -2.26. The highest BCUT2D eigenvalue weighted by atomic mass is 14.2. The molecule has 0 saturated heterocycles. The molecule has 1 aromatic rings. The van der Waals surface area contributed by atoms with Gasteiger partial charge in [0.15, 0.2) is 0 Å². The molecule has 0 N–H and O–H groups in total. The van der Waals surface area contributed by atoms with Gasteiger partial charge in [0.2, 0.25) is 0 Å².